The first kappa shape index (κ1) is 17.6. The van der Waals surface area contributed by atoms with Crippen molar-refractivity contribution in [1.29, 1.82) is 0 Å². The van der Waals surface area contributed by atoms with Gasteiger partial charge in [0.05, 0.1) is 22.4 Å². The summed E-state index contributed by atoms with van der Waals surface area (Å²) in [6.45, 7) is 0. The molecule has 146 valence electrons. The molecule has 0 saturated carbocycles. The van der Waals surface area contributed by atoms with Crippen molar-refractivity contribution >= 4 is 21.8 Å². The average molecular weight is 397 g/mol. The molecule has 0 aliphatic heterocycles. The fourth-order valence-corrected chi connectivity index (χ4v) is 4.19. The van der Waals surface area contributed by atoms with Crippen LogP contribution in [0.2, 0.25) is 0 Å². The van der Waals surface area contributed by atoms with E-state index >= 15 is 0 Å². The Labute approximate surface area is 180 Å². The number of rotatable bonds is 3. The van der Waals surface area contributed by atoms with Gasteiger partial charge >= 0.3 is 0 Å². The standard InChI is InChI=1S/C28H19N3/c1-3-11-20(12-4-1)24-19-25(21-13-5-2-6-14-21)30-28(29-24)31-26-17-9-7-15-22(26)23-16-8-10-18-27(23)31/h1-19H. The van der Waals surface area contributed by atoms with Gasteiger partial charge in [-0.1, -0.05) is 97.1 Å². The van der Waals surface area contributed by atoms with E-state index in [1.54, 1.807) is 0 Å². The van der Waals surface area contributed by atoms with Gasteiger partial charge in [-0.05, 0) is 18.2 Å². The second-order valence-electron chi connectivity index (χ2n) is 7.54. The van der Waals surface area contributed by atoms with Crippen molar-refractivity contribution in [3.8, 4) is 28.5 Å². The maximum atomic E-state index is 5.02. The van der Waals surface area contributed by atoms with Crippen molar-refractivity contribution < 1.29 is 0 Å². The van der Waals surface area contributed by atoms with Crippen molar-refractivity contribution in [3.05, 3.63) is 115 Å². The lowest BCUT2D eigenvalue weighted by molar-refractivity contribution is 0.995. The molecule has 0 amide bonds. The van der Waals surface area contributed by atoms with Crippen LogP contribution in [0.4, 0.5) is 0 Å². The van der Waals surface area contributed by atoms with Gasteiger partial charge in [-0.3, -0.25) is 4.57 Å². The molecule has 0 atom stereocenters. The fraction of sp³-hybridized carbons (Fsp3) is 0. The minimum absolute atomic E-state index is 0.678. The Bertz CT molecular complexity index is 1410. The molecular formula is C28H19N3. The molecular weight excluding hydrogens is 378 g/mol. The summed E-state index contributed by atoms with van der Waals surface area (Å²) in [6, 6.07) is 39.5. The molecule has 0 saturated heterocycles. The molecule has 2 heterocycles. The molecule has 2 aromatic heterocycles. The molecule has 0 fully saturated rings. The highest BCUT2D eigenvalue weighted by Crippen LogP contribution is 2.32. The molecule has 6 rings (SSSR count). The molecule has 0 aliphatic rings. The predicted octanol–water partition coefficient (Wildman–Crippen LogP) is 6.91. The summed E-state index contributed by atoms with van der Waals surface area (Å²) in [4.78, 5) is 10.0. The molecule has 3 heteroatoms. The van der Waals surface area contributed by atoms with Crippen LogP contribution in [-0.2, 0) is 0 Å². The number of aromatic nitrogens is 3. The van der Waals surface area contributed by atoms with Crippen LogP contribution in [-0.4, -0.2) is 14.5 Å². The molecule has 0 aliphatic carbocycles. The lowest BCUT2D eigenvalue weighted by Crippen LogP contribution is -2.03. The van der Waals surface area contributed by atoms with Crippen LogP contribution in [0.1, 0.15) is 0 Å². The van der Waals surface area contributed by atoms with E-state index in [-0.39, 0.29) is 0 Å². The van der Waals surface area contributed by atoms with Crippen LogP contribution in [0.15, 0.2) is 115 Å². The van der Waals surface area contributed by atoms with Crippen LogP contribution in [0, 0.1) is 0 Å². The highest BCUT2D eigenvalue weighted by atomic mass is 15.2. The van der Waals surface area contributed by atoms with Crippen molar-refractivity contribution in [2.45, 2.75) is 0 Å². The molecule has 0 bridgehead atoms. The zero-order chi connectivity index (χ0) is 20.6. The third-order valence-electron chi connectivity index (χ3n) is 5.63. The van der Waals surface area contributed by atoms with Crippen LogP contribution in [0.25, 0.3) is 50.3 Å². The van der Waals surface area contributed by atoms with E-state index in [4.69, 9.17) is 9.97 Å². The Kier molecular flexibility index (Phi) is 4.10. The second kappa shape index (κ2) is 7.22. The number of para-hydroxylation sites is 2. The molecule has 3 nitrogen and oxygen atoms in total. The highest BCUT2D eigenvalue weighted by Gasteiger charge is 2.16. The molecule has 0 N–H and O–H groups in total. The monoisotopic (exact) mass is 397 g/mol. The summed E-state index contributed by atoms with van der Waals surface area (Å²) in [5, 5.41) is 2.40. The minimum atomic E-state index is 0.678. The van der Waals surface area contributed by atoms with Crippen LogP contribution >= 0.6 is 0 Å². The maximum absolute atomic E-state index is 5.02. The topological polar surface area (TPSA) is 30.7 Å². The third-order valence-corrected chi connectivity index (χ3v) is 5.63. The molecule has 0 radical (unpaired) electrons. The van der Waals surface area contributed by atoms with E-state index < -0.39 is 0 Å². The first-order valence-corrected chi connectivity index (χ1v) is 10.4. The normalized spacial score (nSPS) is 11.2. The maximum Gasteiger partial charge on any atom is 0.235 e. The Hall–Kier alpha value is -4.24. The van der Waals surface area contributed by atoms with Gasteiger partial charge in [0.25, 0.3) is 0 Å². The van der Waals surface area contributed by atoms with Crippen LogP contribution < -0.4 is 0 Å². The quantitative estimate of drug-likeness (QED) is 0.325. The fourth-order valence-electron chi connectivity index (χ4n) is 4.19. The van der Waals surface area contributed by atoms with Gasteiger partial charge in [0.1, 0.15) is 0 Å². The summed E-state index contributed by atoms with van der Waals surface area (Å²) in [7, 11) is 0. The largest absolute Gasteiger partial charge is 0.278 e. The summed E-state index contributed by atoms with van der Waals surface area (Å²) < 4.78 is 2.17. The Morgan fingerprint density at radius 2 is 0.871 bits per heavy atom. The SMILES string of the molecule is c1ccc(-c2cc(-c3ccccc3)nc(-n3c4ccccc4c4ccccc43)n2)cc1. The van der Waals surface area contributed by atoms with E-state index in [1.807, 2.05) is 36.4 Å². The second-order valence-corrected chi connectivity index (χ2v) is 7.54. The number of hydrogen-bond donors (Lipinski definition) is 0. The summed E-state index contributed by atoms with van der Waals surface area (Å²) in [5.41, 5.74) is 6.17. The zero-order valence-electron chi connectivity index (χ0n) is 16.8. The molecule has 31 heavy (non-hydrogen) atoms. The van der Waals surface area contributed by atoms with E-state index in [1.165, 1.54) is 10.8 Å². The van der Waals surface area contributed by atoms with Crippen molar-refractivity contribution in [2.24, 2.45) is 0 Å². The van der Waals surface area contributed by atoms with E-state index in [9.17, 15) is 0 Å². The van der Waals surface area contributed by atoms with Gasteiger partial charge < -0.3 is 0 Å². The minimum Gasteiger partial charge on any atom is -0.278 e. The van der Waals surface area contributed by atoms with Crippen molar-refractivity contribution in [2.75, 3.05) is 0 Å². The Morgan fingerprint density at radius 3 is 1.35 bits per heavy atom. The summed E-state index contributed by atoms with van der Waals surface area (Å²) in [6.07, 6.45) is 0. The number of benzene rings is 4. The van der Waals surface area contributed by atoms with Gasteiger partial charge in [0.2, 0.25) is 5.95 Å². The van der Waals surface area contributed by atoms with Crippen LogP contribution in [0.5, 0.6) is 0 Å². The van der Waals surface area contributed by atoms with Gasteiger partial charge in [-0.25, -0.2) is 9.97 Å². The number of fused-ring (bicyclic) bond motifs is 3. The predicted molar refractivity (Wildman–Crippen MR) is 127 cm³/mol. The van der Waals surface area contributed by atoms with Crippen molar-refractivity contribution in [3.63, 3.8) is 0 Å². The molecule has 6 aromatic rings. The Balaban J connectivity index is 1.69. The summed E-state index contributed by atoms with van der Waals surface area (Å²) >= 11 is 0. The smallest absolute Gasteiger partial charge is 0.235 e. The highest BCUT2D eigenvalue weighted by molar-refractivity contribution is 6.08. The Morgan fingerprint density at radius 1 is 0.452 bits per heavy atom. The first-order chi connectivity index (χ1) is 15.4. The first-order valence-electron chi connectivity index (χ1n) is 10.4. The molecule has 4 aromatic carbocycles. The third kappa shape index (κ3) is 2.99. The zero-order valence-corrected chi connectivity index (χ0v) is 16.8. The van der Waals surface area contributed by atoms with E-state index in [0.717, 1.165) is 33.5 Å². The molecule has 0 spiro atoms. The molecule has 0 unspecified atom stereocenters. The summed E-state index contributed by atoms with van der Waals surface area (Å²) in [5.74, 6) is 0.678. The van der Waals surface area contributed by atoms with Crippen LogP contribution in [0.3, 0.4) is 0 Å². The van der Waals surface area contributed by atoms with E-state index in [2.05, 4.69) is 83.4 Å². The van der Waals surface area contributed by atoms with Gasteiger partial charge in [0, 0.05) is 21.9 Å². The number of nitrogens with zero attached hydrogens (tertiary/aromatic N) is 3. The van der Waals surface area contributed by atoms with Gasteiger partial charge in [-0.2, -0.15) is 0 Å². The van der Waals surface area contributed by atoms with Crippen molar-refractivity contribution in [1.82, 2.24) is 14.5 Å². The van der Waals surface area contributed by atoms with Gasteiger partial charge in [-0.15, -0.1) is 0 Å². The number of hydrogen-bond acceptors (Lipinski definition) is 2. The van der Waals surface area contributed by atoms with E-state index in [0.29, 0.717) is 5.95 Å². The lowest BCUT2D eigenvalue weighted by atomic mass is 10.1. The van der Waals surface area contributed by atoms with Gasteiger partial charge in [0.15, 0.2) is 0 Å². The lowest BCUT2D eigenvalue weighted by Gasteiger charge is -2.11. The average Bonchev–Trinajstić information content (AvgIpc) is 3.19.